The minimum Gasteiger partial charge on any atom is -0.481 e. The SMILES string of the molecule is CCC(C(=O)O)c1cnc(NS(=O)(=O)c2cccc3ccccc23)s1. The first-order valence-electron chi connectivity index (χ1n) is 7.61. The van der Waals surface area contributed by atoms with Gasteiger partial charge in [-0.3, -0.25) is 9.52 Å². The summed E-state index contributed by atoms with van der Waals surface area (Å²) in [6.07, 6.45) is 1.82. The Labute approximate surface area is 149 Å². The molecule has 3 aromatic rings. The van der Waals surface area contributed by atoms with Gasteiger partial charge in [0.25, 0.3) is 10.0 Å². The summed E-state index contributed by atoms with van der Waals surface area (Å²) in [5, 5.41) is 10.8. The molecule has 1 atom stereocenters. The van der Waals surface area contributed by atoms with Gasteiger partial charge in [0.2, 0.25) is 0 Å². The molecule has 0 saturated carbocycles. The topological polar surface area (TPSA) is 96.4 Å². The molecule has 0 amide bonds. The highest BCUT2D eigenvalue weighted by Gasteiger charge is 2.23. The number of aliphatic carboxylic acids is 1. The fraction of sp³-hybridized carbons (Fsp3) is 0.176. The van der Waals surface area contributed by atoms with Crippen LogP contribution in [-0.4, -0.2) is 24.5 Å². The molecule has 0 saturated heterocycles. The number of rotatable bonds is 6. The van der Waals surface area contributed by atoms with Gasteiger partial charge in [0.15, 0.2) is 5.13 Å². The lowest BCUT2D eigenvalue weighted by Crippen LogP contribution is -2.13. The third kappa shape index (κ3) is 3.49. The van der Waals surface area contributed by atoms with Gasteiger partial charge in [-0.2, -0.15) is 0 Å². The molecule has 0 spiro atoms. The van der Waals surface area contributed by atoms with Crippen molar-refractivity contribution in [1.82, 2.24) is 4.98 Å². The summed E-state index contributed by atoms with van der Waals surface area (Å²) in [4.78, 5) is 15.9. The molecule has 6 nitrogen and oxygen atoms in total. The van der Waals surface area contributed by atoms with Crippen LogP contribution in [0, 0.1) is 0 Å². The maximum absolute atomic E-state index is 12.7. The zero-order chi connectivity index (χ0) is 18.0. The van der Waals surface area contributed by atoms with E-state index >= 15 is 0 Å². The Bertz CT molecular complexity index is 1020. The lowest BCUT2D eigenvalue weighted by molar-refractivity contribution is -0.138. The molecule has 3 rings (SSSR count). The third-order valence-electron chi connectivity index (χ3n) is 3.83. The summed E-state index contributed by atoms with van der Waals surface area (Å²) >= 11 is 1.04. The van der Waals surface area contributed by atoms with Crippen LogP contribution in [0.5, 0.6) is 0 Å². The second-order valence-electron chi connectivity index (χ2n) is 5.45. The third-order valence-corrected chi connectivity index (χ3v) is 6.39. The van der Waals surface area contributed by atoms with Crippen LogP contribution in [0.4, 0.5) is 5.13 Å². The van der Waals surface area contributed by atoms with Crippen molar-refractivity contribution in [1.29, 1.82) is 0 Å². The Kier molecular flexibility index (Phi) is 4.73. The molecule has 0 aliphatic heterocycles. The van der Waals surface area contributed by atoms with Gasteiger partial charge in [0.1, 0.15) is 0 Å². The number of anilines is 1. The summed E-state index contributed by atoms with van der Waals surface area (Å²) in [5.74, 6) is -1.64. The lowest BCUT2D eigenvalue weighted by atomic mass is 10.1. The number of hydrogen-bond donors (Lipinski definition) is 2. The van der Waals surface area contributed by atoms with Crippen molar-refractivity contribution in [3.8, 4) is 0 Å². The number of thiazole rings is 1. The van der Waals surface area contributed by atoms with Gasteiger partial charge >= 0.3 is 5.97 Å². The maximum atomic E-state index is 12.7. The van der Waals surface area contributed by atoms with Crippen LogP contribution in [0.1, 0.15) is 24.1 Å². The summed E-state index contributed by atoms with van der Waals surface area (Å²) in [6.45, 7) is 1.76. The number of aromatic nitrogens is 1. The van der Waals surface area contributed by atoms with E-state index in [1.165, 1.54) is 12.3 Å². The number of carboxylic acid groups (broad SMARTS) is 1. The van der Waals surface area contributed by atoms with Crippen LogP contribution >= 0.6 is 11.3 Å². The number of carbonyl (C=O) groups is 1. The molecule has 25 heavy (non-hydrogen) atoms. The van der Waals surface area contributed by atoms with E-state index in [0.717, 1.165) is 16.7 Å². The highest BCUT2D eigenvalue weighted by atomic mass is 32.2. The number of fused-ring (bicyclic) bond motifs is 1. The van der Waals surface area contributed by atoms with E-state index in [2.05, 4.69) is 9.71 Å². The van der Waals surface area contributed by atoms with Gasteiger partial charge in [-0.15, -0.1) is 11.3 Å². The number of carboxylic acids is 1. The van der Waals surface area contributed by atoms with Crippen molar-refractivity contribution in [2.24, 2.45) is 0 Å². The second-order valence-corrected chi connectivity index (χ2v) is 8.16. The average molecular weight is 376 g/mol. The quantitative estimate of drug-likeness (QED) is 0.684. The van der Waals surface area contributed by atoms with Crippen molar-refractivity contribution in [3.05, 3.63) is 53.5 Å². The number of sulfonamides is 1. The summed E-state index contributed by atoms with van der Waals surface area (Å²) in [7, 11) is -3.83. The zero-order valence-corrected chi connectivity index (χ0v) is 15.0. The summed E-state index contributed by atoms with van der Waals surface area (Å²) in [5.41, 5.74) is 0. The highest BCUT2D eigenvalue weighted by Crippen LogP contribution is 2.31. The lowest BCUT2D eigenvalue weighted by Gasteiger charge is -2.08. The summed E-state index contributed by atoms with van der Waals surface area (Å²) in [6, 6.07) is 12.3. The first-order valence-corrected chi connectivity index (χ1v) is 9.91. The molecule has 2 N–H and O–H groups in total. The van der Waals surface area contributed by atoms with Crippen molar-refractivity contribution >= 4 is 43.2 Å². The normalized spacial score (nSPS) is 12.8. The van der Waals surface area contributed by atoms with Crippen LogP contribution in [0.25, 0.3) is 10.8 Å². The van der Waals surface area contributed by atoms with E-state index in [1.54, 1.807) is 25.1 Å². The van der Waals surface area contributed by atoms with E-state index in [9.17, 15) is 18.3 Å². The molecular weight excluding hydrogens is 360 g/mol. The molecular formula is C17H16N2O4S2. The number of hydrogen-bond acceptors (Lipinski definition) is 5. The van der Waals surface area contributed by atoms with Gasteiger partial charge in [-0.25, -0.2) is 13.4 Å². The molecule has 1 heterocycles. The van der Waals surface area contributed by atoms with E-state index in [1.807, 2.05) is 18.2 Å². The number of benzene rings is 2. The van der Waals surface area contributed by atoms with Crippen molar-refractivity contribution in [2.75, 3.05) is 4.72 Å². The van der Waals surface area contributed by atoms with Crippen molar-refractivity contribution in [3.63, 3.8) is 0 Å². The Balaban J connectivity index is 1.94. The van der Waals surface area contributed by atoms with Gasteiger partial charge in [-0.1, -0.05) is 43.3 Å². The predicted molar refractivity (Wildman–Crippen MR) is 97.5 cm³/mol. The molecule has 0 radical (unpaired) electrons. The van der Waals surface area contributed by atoms with Crippen molar-refractivity contribution in [2.45, 2.75) is 24.2 Å². The predicted octanol–water partition coefficient (Wildman–Crippen LogP) is 3.68. The van der Waals surface area contributed by atoms with Crippen LogP contribution in [0.2, 0.25) is 0 Å². The Morgan fingerprint density at radius 1 is 1.24 bits per heavy atom. The molecule has 0 bridgehead atoms. The van der Waals surface area contributed by atoms with Crippen LogP contribution in [0.15, 0.2) is 53.6 Å². The van der Waals surface area contributed by atoms with E-state index < -0.39 is 21.9 Å². The minimum atomic E-state index is -3.83. The van der Waals surface area contributed by atoms with Gasteiger partial charge in [0.05, 0.1) is 10.8 Å². The number of nitrogens with one attached hydrogen (secondary N) is 1. The first kappa shape index (κ1) is 17.4. The van der Waals surface area contributed by atoms with Gasteiger partial charge < -0.3 is 5.11 Å². The molecule has 1 aromatic heterocycles. The van der Waals surface area contributed by atoms with Gasteiger partial charge in [0, 0.05) is 16.5 Å². The Morgan fingerprint density at radius 3 is 2.68 bits per heavy atom. The first-order chi connectivity index (χ1) is 11.9. The Hall–Kier alpha value is -2.45. The highest BCUT2D eigenvalue weighted by molar-refractivity contribution is 7.93. The number of nitrogens with zero attached hydrogens (tertiary/aromatic N) is 1. The zero-order valence-electron chi connectivity index (χ0n) is 13.3. The van der Waals surface area contributed by atoms with E-state index in [0.29, 0.717) is 16.7 Å². The minimum absolute atomic E-state index is 0.155. The van der Waals surface area contributed by atoms with Crippen LogP contribution < -0.4 is 4.72 Å². The Morgan fingerprint density at radius 2 is 1.96 bits per heavy atom. The van der Waals surface area contributed by atoms with Crippen LogP contribution in [-0.2, 0) is 14.8 Å². The molecule has 130 valence electrons. The maximum Gasteiger partial charge on any atom is 0.311 e. The standard InChI is InChI=1S/C17H16N2O4S2/c1-2-12(16(20)21)14-10-18-17(24-14)19-25(22,23)15-9-5-7-11-6-3-4-8-13(11)15/h3-10,12H,2H2,1H3,(H,18,19)(H,20,21). The monoisotopic (exact) mass is 376 g/mol. The fourth-order valence-corrected chi connectivity index (χ4v) is 5.06. The molecule has 1 unspecified atom stereocenters. The average Bonchev–Trinajstić information content (AvgIpc) is 3.02. The van der Waals surface area contributed by atoms with E-state index in [-0.39, 0.29) is 10.0 Å². The molecule has 8 heteroatoms. The molecule has 2 aromatic carbocycles. The fourth-order valence-electron chi connectivity index (χ4n) is 2.59. The van der Waals surface area contributed by atoms with Crippen LogP contribution in [0.3, 0.4) is 0 Å². The molecule has 0 aliphatic carbocycles. The molecule has 0 fully saturated rings. The molecule has 0 aliphatic rings. The largest absolute Gasteiger partial charge is 0.481 e. The summed E-state index contributed by atoms with van der Waals surface area (Å²) < 4.78 is 27.9. The smallest absolute Gasteiger partial charge is 0.311 e. The van der Waals surface area contributed by atoms with E-state index in [4.69, 9.17) is 0 Å². The second kappa shape index (κ2) is 6.81. The van der Waals surface area contributed by atoms with Crippen molar-refractivity contribution < 1.29 is 18.3 Å². The van der Waals surface area contributed by atoms with Gasteiger partial charge in [-0.05, 0) is 17.9 Å².